The number of rotatable bonds is 5. The van der Waals surface area contributed by atoms with Crippen LogP contribution in [0.3, 0.4) is 0 Å². The topological polar surface area (TPSA) is 85.3 Å². The van der Waals surface area contributed by atoms with Crippen LogP contribution in [0.4, 0.5) is 0 Å². The fourth-order valence-electron chi connectivity index (χ4n) is 2.68. The van der Waals surface area contributed by atoms with E-state index in [4.69, 9.17) is 4.74 Å². The second-order valence-electron chi connectivity index (χ2n) is 5.31. The maximum absolute atomic E-state index is 12.4. The molecule has 3 atom stereocenters. The molecule has 1 aromatic heterocycles. The van der Waals surface area contributed by atoms with Crippen molar-refractivity contribution in [1.82, 2.24) is 20.4 Å². The molecule has 2 rings (SSSR count). The molecular formula is C14H23ClN4O3. The lowest BCUT2D eigenvalue weighted by molar-refractivity contribution is -0.145. The molecule has 0 radical (unpaired) electrons. The molecule has 124 valence electrons. The number of halogens is 1. The zero-order valence-electron chi connectivity index (χ0n) is 13.0. The Morgan fingerprint density at radius 2 is 2.27 bits per heavy atom. The maximum atomic E-state index is 12.4. The maximum Gasteiger partial charge on any atom is 0.328 e. The van der Waals surface area contributed by atoms with Crippen LogP contribution in [0, 0.1) is 5.92 Å². The molecule has 1 aliphatic heterocycles. The third-order valence-corrected chi connectivity index (χ3v) is 3.91. The van der Waals surface area contributed by atoms with Crippen molar-refractivity contribution in [3.63, 3.8) is 0 Å². The van der Waals surface area contributed by atoms with Crippen LogP contribution < -0.4 is 10.6 Å². The van der Waals surface area contributed by atoms with Crippen molar-refractivity contribution in [1.29, 1.82) is 0 Å². The lowest BCUT2D eigenvalue weighted by Crippen LogP contribution is -2.45. The van der Waals surface area contributed by atoms with Crippen molar-refractivity contribution >= 4 is 24.3 Å². The molecule has 2 N–H and O–H groups in total. The quantitative estimate of drug-likeness (QED) is 0.754. The number of nitrogens with one attached hydrogen (secondary N) is 2. The molecule has 0 aliphatic carbocycles. The first-order valence-corrected chi connectivity index (χ1v) is 7.14. The number of amides is 1. The van der Waals surface area contributed by atoms with Crippen LogP contribution in [-0.4, -0.2) is 47.9 Å². The number of esters is 1. The Morgan fingerprint density at radius 3 is 2.82 bits per heavy atom. The lowest BCUT2D eigenvalue weighted by Gasteiger charge is -2.20. The molecule has 1 amide bonds. The van der Waals surface area contributed by atoms with E-state index in [1.54, 1.807) is 10.9 Å². The Balaban J connectivity index is 0.00000242. The van der Waals surface area contributed by atoms with Crippen LogP contribution >= 0.6 is 12.4 Å². The molecule has 1 aromatic rings. The van der Waals surface area contributed by atoms with Crippen LogP contribution in [0.2, 0.25) is 0 Å². The van der Waals surface area contributed by atoms with Crippen LogP contribution in [0.1, 0.15) is 24.8 Å². The number of hydrogen-bond acceptors (Lipinski definition) is 5. The van der Waals surface area contributed by atoms with Crippen LogP contribution in [0.15, 0.2) is 12.4 Å². The Hall–Kier alpha value is -1.60. The predicted molar refractivity (Wildman–Crippen MR) is 83.8 cm³/mol. The SMILES string of the molecule is CCC(NC(=O)[C@H]1CNC[C@@H]1c1cnn(C)c1)C(=O)OC.Cl. The molecule has 8 heteroatoms. The second-order valence-corrected chi connectivity index (χ2v) is 5.31. The summed E-state index contributed by atoms with van der Waals surface area (Å²) in [7, 11) is 3.18. The van der Waals surface area contributed by atoms with Gasteiger partial charge in [0, 0.05) is 32.3 Å². The number of nitrogens with zero attached hydrogens (tertiary/aromatic N) is 2. The standard InChI is InChI=1S/C14H22N4O3.ClH/c1-4-12(14(20)21-3)17-13(19)11-7-15-6-10(11)9-5-16-18(2)8-9;/h5,8,10-12,15H,4,6-7H2,1-3H3,(H,17,19);1H/t10-,11+,12?;/m1./s1. The normalized spacial score (nSPS) is 21.8. The highest BCUT2D eigenvalue weighted by molar-refractivity contribution is 5.86. The minimum atomic E-state index is -0.586. The second kappa shape index (κ2) is 8.14. The van der Waals surface area contributed by atoms with Crippen molar-refractivity contribution in [2.24, 2.45) is 13.0 Å². The number of carbonyl (C=O) groups is 2. The molecule has 7 nitrogen and oxygen atoms in total. The summed E-state index contributed by atoms with van der Waals surface area (Å²) in [5, 5.41) is 10.2. The van der Waals surface area contributed by atoms with Gasteiger partial charge in [-0.3, -0.25) is 9.48 Å². The van der Waals surface area contributed by atoms with Gasteiger partial charge in [-0.05, 0) is 12.0 Å². The number of carbonyl (C=O) groups excluding carboxylic acids is 2. The summed E-state index contributed by atoms with van der Waals surface area (Å²) in [6.07, 6.45) is 4.22. The average molecular weight is 331 g/mol. The molecule has 0 aromatic carbocycles. The van der Waals surface area contributed by atoms with Gasteiger partial charge in [0.2, 0.25) is 5.91 Å². The van der Waals surface area contributed by atoms with E-state index >= 15 is 0 Å². The molecule has 0 saturated carbocycles. The van der Waals surface area contributed by atoms with E-state index in [9.17, 15) is 9.59 Å². The van der Waals surface area contributed by atoms with Crippen molar-refractivity contribution in [3.8, 4) is 0 Å². The summed E-state index contributed by atoms with van der Waals surface area (Å²) in [6, 6.07) is -0.586. The largest absolute Gasteiger partial charge is 0.467 e. The van der Waals surface area contributed by atoms with Crippen LogP contribution in [0.5, 0.6) is 0 Å². The van der Waals surface area contributed by atoms with E-state index in [1.165, 1.54) is 7.11 Å². The third-order valence-electron chi connectivity index (χ3n) is 3.91. The molecule has 22 heavy (non-hydrogen) atoms. The summed E-state index contributed by atoms with van der Waals surface area (Å²) >= 11 is 0. The Bertz CT molecular complexity index is 520. The van der Waals surface area contributed by atoms with Crippen molar-refractivity contribution in [3.05, 3.63) is 18.0 Å². The summed E-state index contributed by atoms with van der Waals surface area (Å²) in [5.74, 6) is -0.650. The molecular weight excluding hydrogens is 308 g/mol. The number of aromatic nitrogens is 2. The van der Waals surface area contributed by atoms with Gasteiger partial charge in [-0.15, -0.1) is 12.4 Å². The minimum absolute atomic E-state index is 0. The van der Waals surface area contributed by atoms with Gasteiger partial charge in [0.25, 0.3) is 0 Å². The van der Waals surface area contributed by atoms with Gasteiger partial charge in [0.05, 0.1) is 19.2 Å². The van der Waals surface area contributed by atoms with E-state index in [1.807, 2.05) is 20.2 Å². The van der Waals surface area contributed by atoms with E-state index in [0.29, 0.717) is 13.0 Å². The first kappa shape index (κ1) is 18.4. The minimum Gasteiger partial charge on any atom is -0.467 e. The monoisotopic (exact) mass is 330 g/mol. The molecule has 1 fully saturated rings. The number of ether oxygens (including phenoxy) is 1. The van der Waals surface area contributed by atoms with E-state index in [-0.39, 0.29) is 30.2 Å². The summed E-state index contributed by atoms with van der Waals surface area (Å²) in [6.45, 7) is 3.18. The molecule has 1 aliphatic rings. The van der Waals surface area contributed by atoms with Gasteiger partial charge in [0.15, 0.2) is 0 Å². The first-order valence-electron chi connectivity index (χ1n) is 7.14. The zero-order valence-corrected chi connectivity index (χ0v) is 13.9. The van der Waals surface area contributed by atoms with E-state index in [2.05, 4.69) is 15.7 Å². The summed E-state index contributed by atoms with van der Waals surface area (Å²) in [5.41, 5.74) is 1.04. The zero-order chi connectivity index (χ0) is 15.4. The highest BCUT2D eigenvalue weighted by Crippen LogP contribution is 2.28. The third kappa shape index (κ3) is 3.98. The Labute approximate surface area is 136 Å². The fourth-order valence-corrected chi connectivity index (χ4v) is 2.68. The van der Waals surface area contributed by atoms with E-state index in [0.717, 1.165) is 12.1 Å². The smallest absolute Gasteiger partial charge is 0.328 e. The molecule has 2 heterocycles. The summed E-state index contributed by atoms with van der Waals surface area (Å²) in [4.78, 5) is 24.0. The number of hydrogen-bond donors (Lipinski definition) is 2. The molecule has 1 saturated heterocycles. The summed E-state index contributed by atoms with van der Waals surface area (Å²) < 4.78 is 6.43. The van der Waals surface area contributed by atoms with Crippen LogP contribution in [0.25, 0.3) is 0 Å². The number of methoxy groups -OCH3 is 1. The first-order chi connectivity index (χ1) is 10.1. The van der Waals surface area contributed by atoms with Gasteiger partial charge in [0.1, 0.15) is 6.04 Å². The number of aryl methyl sites for hydroxylation is 1. The van der Waals surface area contributed by atoms with E-state index < -0.39 is 12.0 Å². The van der Waals surface area contributed by atoms with Crippen LogP contribution in [-0.2, 0) is 21.4 Å². The predicted octanol–water partition coefficient (Wildman–Crippen LogP) is 0.213. The van der Waals surface area contributed by atoms with Gasteiger partial charge in [-0.1, -0.05) is 6.92 Å². The van der Waals surface area contributed by atoms with Gasteiger partial charge < -0.3 is 15.4 Å². The lowest BCUT2D eigenvalue weighted by atomic mass is 9.90. The van der Waals surface area contributed by atoms with Gasteiger partial charge in [-0.2, -0.15) is 5.10 Å². The Kier molecular flexibility index (Phi) is 6.83. The highest BCUT2D eigenvalue weighted by atomic mass is 35.5. The van der Waals surface area contributed by atoms with Crippen molar-refractivity contribution in [2.45, 2.75) is 25.3 Å². The van der Waals surface area contributed by atoms with Gasteiger partial charge >= 0.3 is 5.97 Å². The fraction of sp³-hybridized carbons (Fsp3) is 0.643. The van der Waals surface area contributed by atoms with Crippen molar-refractivity contribution < 1.29 is 14.3 Å². The molecule has 0 spiro atoms. The average Bonchev–Trinajstić information content (AvgIpc) is 3.11. The highest BCUT2D eigenvalue weighted by Gasteiger charge is 2.36. The Morgan fingerprint density at radius 1 is 1.55 bits per heavy atom. The molecule has 0 bridgehead atoms. The van der Waals surface area contributed by atoms with Crippen molar-refractivity contribution in [2.75, 3.05) is 20.2 Å². The molecule has 1 unspecified atom stereocenters. The van der Waals surface area contributed by atoms with Gasteiger partial charge in [-0.25, -0.2) is 4.79 Å².